The summed E-state index contributed by atoms with van der Waals surface area (Å²) in [5, 5.41) is 2.73. The fourth-order valence-electron chi connectivity index (χ4n) is 6.38. The number of alkyl carbamates (subject to hydrolysis) is 1. The summed E-state index contributed by atoms with van der Waals surface area (Å²) >= 11 is 0. The van der Waals surface area contributed by atoms with Crippen molar-refractivity contribution < 1.29 is 46.2 Å². The highest BCUT2D eigenvalue weighted by Crippen LogP contribution is 2.35. The van der Waals surface area contributed by atoms with E-state index in [1.807, 2.05) is 4.90 Å². The van der Waals surface area contributed by atoms with Gasteiger partial charge in [-0.3, -0.25) is 4.98 Å². The maximum Gasteiger partial charge on any atom is 0.425 e. The summed E-state index contributed by atoms with van der Waals surface area (Å²) in [5.41, 5.74) is -2.43. The van der Waals surface area contributed by atoms with Crippen LogP contribution >= 0.6 is 0 Å². The monoisotopic (exact) mass is 800 g/mol. The van der Waals surface area contributed by atoms with Crippen LogP contribution in [0.15, 0.2) is 43.1 Å². The Hall–Kier alpha value is -5.55. The van der Waals surface area contributed by atoms with E-state index in [0.29, 0.717) is 29.1 Å². The van der Waals surface area contributed by atoms with Crippen LogP contribution in [0.5, 0.6) is 0 Å². The van der Waals surface area contributed by atoms with Gasteiger partial charge in [0.2, 0.25) is 6.43 Å². The molecule has 5 rings (SSSR count). The van der Waals surface area contributed by atoms with E-state index in [0.717, 1.165) is 18.5 Å². The van der Waals surface area contributed by atoms with Crippen LogP contribution in [0.2, 0.25) is 0 Å². The Morgan fingerprint density at radius 1 is 0.877 bits per heavy atom. The number of pyridine rings is 1. The maximum absolute atomic E-state index is 14.4. The third-order valence-corrected chi connectivity index (χ3v) is 8.50. The number of hydrogen-bond acceptors (Lipinski definition) is 11. The fourth-order valence-corrected chi connectivity index (χ4v) is 6.38. The molecule has 1 saturated heterocycles. The Labute approximate surface area is 327 Å². The van der Waals surface area contributed by atoms with Gasteiger partial charge in [-0.25, -0.2) is 46.9 Å². The lowest BCUT2D eigenvalue weighted by atomic mass is 9.85. The van der Waals surface area contributed by atoms with Crippen LogP contribution in [0, 0.1) is 11.6 Å². The van der Waals surface area contributed by atoms with Crippen molar-refractivity contribution in [2.24, 2.45) is 0 Å². The van der Waals surface area contributed by atoms with Crippen molar-refractivity contribution in [3.05, 3.63) is 60.3 Å². The van der Waals surface area contributed by atoms with Crippen molar-refractivity contribution in [3.8, 4) is 11.3 Å². The van der Waals surface area contributed by atoms with Crippen molar-refractivity contribution in [1.29, 1.82) is 0 Å². The van der Waals surface area contributed by atoms with E-state index in [1.54, 1.807) is 72.9 Å². The zero-order chi connectivity index (χ0) is 42.1. The molecule has 3 aromatic heterocycles. The molecule has 18 heteroatoms. The van der Waals surface area contributed by atoms with E-state index in [2.05, 4.69) is 25.3 Å². The van der Waals surface area contributed by atoms with Gasteiger partial charge in [0.05, 0.1) is 36.0 Å². The highest BCUT2D eigenvalue weighted by molar-refractivity contribution is 6.12. The molecule has 1 unspecified atom stereocenters. The SMILES string of the molecule is CC(C)(C)OC(=O)NC1(CC(F)F)CCCN(c2cnc(-c3ccc(F)c(F)c3)cc2Cn2cnc3c(N(C(=O)OC(C)(C)C)C(=O)OC(C)(C)C)ncnc32)C1. The number of amides is 3. The smallest absolute Gasteiger partial charge is 0.425 e. The number of carbonyl (C=O) groups excluding carboxylic acids is 3. The van der Waals surface area contributed by atoms with E-state index in [9.17, 15) is 31.9 Å². The van der Waals surface area contributed by atoms with Gasteiger partial charge in [-0.2, -0.15) is 4.90 Å². The first kappa shape index (κ1) is 42.6. The molecule has 0 radical (unpaired) electrons. The maximum atomic E-state index is 14.4. The van der Waals surface area contributed by atoms with E-state index >= 15 is 0 Å². The Bertz CT molecular complexity index is 2100. The predicted octanol–water partition coefficient (Wildman–Crippen LogP) is 8.41. The number of imide groups is 1. The lowest BCUT2D eigenvalue weighted by molar-refractivity contribution is 0.0340. The normalized spacial score (nSPS) is 16.4. The molecule has 308 valence electrons. The van der Waals surface area contributed by atoms with Gasteiger partial charge in [-0.1, -0.05) is 0 Å². The Kier molecular flexibility index (Phi) is 12.1. The third-order valence-electron chi connectivity index (χ3n) is 8.50. The van der Waals surface area contributed by atoms with Crippen molar-refractivity contribution in [2.45, 2.75) is 117 Å². The summed E-state index contributed by atoms with van der Waals surface area (Å²) < 4.78 is 74.7. The van der Waals surface area contributed by atoms with Crippen molar-refractivity contribution in [3.63, 3.8) is 0 Å². The Morgan fingerprint density at radius 2 is 1.53 bits per heavy atom. The van der Waals surface area contributed by atoms with Gasteiger partial charge >= 0.3 is 18.3 Å². The average Bonchev–Trinajstić information content (AvgIpc) is 3.46. The van der Waals surface area contributed by atoms with Crippen LogP contribution in [0.25, 0.3) is 22.4 Å². The highest BCUT2D eigenvalue weighted by atomic mass is 19.3. The number of alkyl halides is 2. The van der Waals surface area contributed by atoms with Gasteiger partial charge in [0, 0.05) is 25.1 Å². The number of fused-ring (bicyclic) bond motifs is 1. The minimum Gasteiger partial charge on any atom is -0.444 e. The van der Waals surface area contributed by atoms with Crippen LogP contribution < -0.4 is 15.1 Å². The minimum absolute atomic E-state index is 0.00179. The number of benzene rings is 1. The molecule has 1 aliphatic rings. The van der Waals surface area contributed by atoms with E-state index in [-0.39, 0.29) is 47.7 Å². The summed E-state index contributed by atoms with van der Waals surface area (Å²) in [6, 6.07) is 5.01. The number of hydrogen-bond donors (Lipinski definition) is 1. The minimum atomic E-state index is -2.75. The summed E-state index contributed by atoms with van der Waals surface area (Å²) in [4.78, 5) is 60.0. The van der Waals surface area contributed by atoms with Gasteiger partial charge in [-0.15, -0.1) is 0 Å². The van der Waals surface area contributed by atoms with Crippen LogP contribution in [-0.2, 0) is 20.8 Å². The molecule has 14 nitrogen and oxygen atoms in total. The summed E-state index contributed by atoms with van der Waals surface area (Å²) in [7, 11) is 0. The molecule has 1 atom stereocenters. The highest BCUT2D eigenvalue weighted by Gasteiger charge is 2.41. The Morgan fingerprint density at radius 3 is 2.12 bits per heavy atom. The molecule has 4 heterocycles. The van der Waals surface area contributed by atoms with Crippen molar-refractivity contribution in [1.82, 2.24) is 29.8 Å². The van der Waals surface area contributed by atoms with E-state index in [1.165, 1.54) is 18.6 Å². The number of nitrogens with one attached hydrogen (secondary N) is 1. The number of carbonyl (C=O) groups is 3. The Balaban J connectivity index is 1.60. The number of halogens is 4. The van der Waals surface area contributed by atoms with Crippen molar-refractivity contribution >= 4 is 40.9 Å². The molecular weight excluding hydrogens is 752 g/mol. The molecule has 1 fully saturated rings. The largest absolute Gasteiger partial charge is 0.444 e. The number of imidazole rings is 1. The fraction of sp³-hybridized carbons (Fsp3) is 0.513. The van der Waals surface area contributed by atoms with Crippen molar-refractivity contribution in [2.75, 3.05) is 22.9 Å². The number of rotatable bonds is 8. The molecule has 0 spiro atoms. The molecular formula is C39H48F4N8O6. The second-order valence-corrected chi connectivity index (χ2v) is 16.9. The number of anilines is 2. The average molecular weight is 801 g/mol. The topological polar surface area (TPSA) is 154 Å². The van der Waals surface area contributed by atoms with Gasteiger partial charge in [0.25, 0.3) is 0 Å². The van der Waals surface area contributed by atoms with Gasteiger partial charge in [-0.05, 0) is 105 Å². The van der Waals surface area contributed by atoms with Crippen LogP contribution in [0.4, 0.5) is 43.5 Å². The second kappa shape index (κ2) is 16.1. The molecule has 4 aromatic rings. The van der Waals surface area contributed by atoms with Crippen LogP contribution in [-0.4, -0.2) is 84.6 Å². The zero-order valence-corrected chi connectivity index (χ0v) is 33.5. The molecule has 0 bridgehead atoms. The molecule has 1 N–H and O–H groups in total. The number of nitrogens with zero attached hydrogens (tertiary/aromatic N) is 7. The predicted molar refractivity (Wildman–Crippen MR) is 203 cm³/mol. The zero-order valence-electron chi connectivity index (χ0n) is 33.5. The van der Waals surface area contributed by atoms with E-state index in [4.69, 9.17) is 14.2 Å². The first-order chi connectivity index (χ1) is 26.4. The third kappa shape index (κ3) is 10.9. The second-order valence-electron chi connectivity index (χ2n) is 16.9. The van der Waals surface area contributed by atoms with Gasteiger partial charge in [0.15, 0.2) is 28.6 Å². The lowest BCUT2D eigenvalue weighted by Crippen LogP contribution is -2.60. The van der Waals surface area contributed by atoms with Crippen LogP contribution in [0.1, 0.15) is 87.1 Å². The molecule has 1 aliphatic heterocycles. The number of piperidine rings is 1. The van der Waals surface area contributed by atoms with Gasteiger partial charge < -0.3 is 29.0 Å². The standard InChI is InChI=1S/C39H48F4N8O6/c1-36(2,3)55-33(52)48-39(17-29(42)43)13-10-14-49(20-39)28-18-44-27(23-11-12-25(40)26(41)15-23)16-24(28)19-50-22-47-30-31(50)45-21-46-32(30)51(34(53)56-37(4,5)6)35(54)57-38(7,8)9/h11-12,15-16,18,21-22,29H,10,13-14,17,19-20H2,1-9H3,(H,48,52). The summed E-state index contributed by atoms with van der Waals surface area (Å²) in [5.74, 6) is -2.32. The van der Waals surface area contributed by atoms with Gasteiger partial charge in [0.1, 0.15) is 23.1 Å². The first-order valence-electron chi connectivity index (χ1n) is 18.3. The molecule has 1 aromatic carbocycles. The first-order valence-corrected chi connectivity index (χ1v) is 18.3. The molecule has 3 amide bonds. The quantitative estimate of drug-likeness (QED) is 0.135. The lowest BCUT2D eigenvalue weighted by Gasteiger charge is -2.44. The van der Waals surface area contributed by atoms with E-state index < -0.39 is 65.1 Å². The summed E-state index contributed by atoms with van der Waals surface area (Å²) in [6.45, 7) is 15.2. The number of ether oxygens (including phenoxy) is 3. The number of aromatic nitrogens is 5. The molecule has 0 saturated carbocycles. The molecule has 0 aliphatic carbocycles. The molecule has 57 heavy (non-hydrogen) atoms. The summed E-state index contributed by atoms with van der Waals surface area (Å²) in [6.07, 6.45) is -1.61. The van der Waals surface area contributed by atoms with Crippen LogP contribution in [0.3, 0.4) is 0 Å².